The van der Waals surface area contributed by atoms with E-state index in [2.05, 4.69) is 10.7 Å². The number of nitrogens with one attached hydrogen (secondary N) is 2. The average molecular weight is 323 g/mol. The third-order valence-electron chi connectivity index (χ3n) is 3.85. The largest absolute Gasteiger partial charge is 0.343 e. The zero-order valence-electron chi connectivity index (χ0n) is 12.9. The Balaban J connectivity index is 1.76. The minimum Gasteiger partial charge on any atom is -0.275 e. The van der Waals surface area contributed by atoms with Gasteiger partial charge in [-0.3, -0.25) is 20.3 Å². The molecule has 6 heteroatoms. The highest BCUT2D eigenvalue weighted by molar-refractivity contribution is 6.02. The number of benzene rings is 2. The Labute approximate surface area is 139 Å². The highest BCUT2D eigenvalue weighted by atomic mass is 16.2. The highest BCUT2D eigenvalue weighted by Crippen LogP contribution is 2.27. The Morgan fingerprint density at radius 3 is 2.00 bits per heavy atom. The zero-order chi connectivity index (χ0) is 16.9. The molecule has 24 heavy (non-hydrogen) atoms. The molecule has 1 aliphatic heterocycles. The number of amides is 4. The van der Waals surface area contributed by atoms with Crippen molar-refractivity contribution in [1.82, 2.24) is 15.8 Å². The summed E-state index contributed by atoms with van der Waals surface area (Å²) in [5.41, 5.74) is 4.52. The van der Waals surface area contributed by atoms with Gasteiger partial charge >= 0.3 is 6.03 Å². The second-order valence-corrected chi connectivity index (χ2v) is 5.55. The van der Waals surface area contributed by atoms with Crippen LogP contribution in [0.5, 0.6) is 0 Å². The van der Waals surface area contributed by atoms with E-state index in [-0.39, 0.29) is 24.8 Å². The van der Waals surface area contributed by atoms with E-state index in [1.807, 2.05) is 60.7 Å². The number of nitrogens with zero attached hydrogens (tertiary/aromatic N) is 1. The van der Waals surface area contributed by atoms with Crippen molar-refractivity contribution in [2.24, 2.45) is 0 Å². The van der Waals surface area contributed by atoms with Crippen LogP contribution in [-0.4, -0.2) is 29.4 Å². The van der Waals surface area contributed by atoms with Gasteiger partial charge in [0.25, 0.3) is 0 Å². The molecule has 2 aromatic rings. The molecule has 1 saturated heterocycles. The molecule has 1 fully saturated rings. The van der Waals surface area contributed by atoms with Crippen LogP contribution in [0.4, 0.5) is 4.79 Å². The van der Waals surface area contributed by atoms with Crippen molar-refractivity contribution in [3.63, 3.8) is 0 Å². The molecule has 1 heterocycles. The van der Waals surface area contributed by atoms with Crippen molar-refractivity contribution in [2.45, 2.75) is 12.3 Å². The van der Waals surface area contributed by atoms with Crippen LogP contribution in [0.15, 0.2) is 60.7 Å². The molecule has 2 N–H and O–H groups in total. The van der Waals surface area contributed by atoms with Crippen molar-refractivity contribution >= 4 is 17.8 Å². The van der Waals surface area contributed by atoms with Gasteiger partial charge in [0.05, 0.1) is 0 Å². The van der Waals surface area contributed by atoms with Gasteiger partial charge in [0.15, 0.2) is 0 Å². The number of imide groups is 1. The second-order valence-electron chi connectivity index (χ2n) is 5.55. The summed E-state index contributed by atoms with van der Waals surface area (Å²) < 4.78 is 0. The van der Waals surface area contributed by atoms with Crippen LogP contribution in [0.3, 0.4) is 0 Å². The van der Waals surface area contributed by atoms with E-state index in [1.54, 1.807) is 0 Å². The lowest BCUT2D eigenvalue weighted by atomic mass is 9.88. The zero-order valence-corrected chi connectivity index (χ0v) is 12.9. The van der Waals surface area contributed by atoms with Gasteiger partial charge in [0.2, 0.25) is 11.8 Å². The molecule has 2 aromatic carbocycles. The normalized spacial score (nSPS) is 14.0. The van der Waals surface area contributed by atoms with Gasteiger partial charge in [-0.2, -0.15) is 0 Å². The Morgan fingerprint density at radius 1 is 1.00 bits per heavy atom. The Hall–Kier alpha value is -3.15. The van der Waals surface area contributed by atoms with Crippen molar-refractivity contribution in [2.75, 3.05) is 6.54 Å². The second kappa shape index (κ2) is 6.95. The standard InChI is InChI=1S/C18H17N3O3/c22-16(20-21-12-17(23)19-18(21)24)11-15(13-7-3-1-4-8-13)14-9-5-2-6-10-14/h1-10,15H,11-12H2,(H,20,22)(H,19,23,24). The summed E-state index contributed by atoms with van der Waals surface area (Å²) in [6.07, 6.45) is 0.173. The van der Waals surface area contributed by atoms with Crippen molar-refractivity contribution in [3.8, 4) is 0 Å². The fourth-order valence-corrected chi connectivity index (χ4v) is 2.71. The number of carbonyl (C=O) groups excluding carboxylic acids is 3. The van der Waals surface area contributed by atoms with E-state index in [4.69, 9.17) is 0 Å². The van der Waals surface area contributed by atoms with Crippen LogP contribution in [0.2, 0.25) is 0 Å². The lowest BCUT2D eigenvalue weighted by Crippen LogP contribution is -2.44. The molecule has 0 spiro atoms. The number of hydrogen-bond acceptors (Lipinski definition) is 3. The van der Waals surface area contributed by atoms with Crippen molar-refractivity contribution in [3.05, 3.63) is 71.8 Å². The molecule has 0 radical (unpaired) electrons. The minimum atomic E-state index is -0.607. The summed E-state index contributed by atoms with van der Waals surface area (Å²) in [6, 6.07) is 18.8. The lowest BCUT2D eigenvalue weighted by Gasteiger charge is -2.20. The molecule has 4 amide bonds. The summed E-state index contributed by atoms with van der Waals surface area (Å²) in [5, 5.41) is 3.12. The van der Waals surface area contributed by atoms with E-state index in [0.717, 1.165) is 16.1 Å². The first kappa shape index (κ1) is 15.7. The van der Waals surface area contributed by atoms with Crippen molar-refractivity contribution < 1.29 is 14.4 Å². The Morgan fingerprint density at radius 2 is 1.54 bits per heavy atom. The summed E-state index contributed by atoms with van der Waals surface area (Å²) in [6.45, 7) is -0.161. The fourth-order valence-electron chi connectivity index (χ4n) is 2.71. The van der Waals surface area contributed by atoms with Crippen LogP contribution < -0.4 is 10.7 Å². The molecular formula is C18H17N3O3. The number of hydrazine groups is 1. The van der Waals surface area contributed by atoms with Gasteiger partial charge in [0, 0.05) is 12.3 Å². The predicted octanol–water partition coefficient (Wildman–Crippen LogP) is 1.79. The van der Waals surface area contributed by atoms with E-state index < -0.39 is 11.9 Å². The summed E-state index contributed by atoms with van der Waals surface area (Å²) in [7, 11) is 0. The molecule has 0 aliphatic carbocycles. The maximum atomic E-state index is 12.4. The van der Waals surface area contributed by atoms with Gasteiger partial charge in [-0.25, -0.2) is 9.80 Å². The van der Waals surface area contributed by atoms with Crippen LogP contribution in [0.1, 0.15) is 23.5 Å². The van der Waals surface area contributed by atoms with E-state index in [0.29, 0.717) is 0 Å². The SMILES string of the molecule is O=C1CN(NC(=O)CC(c2ccccc2)c2ccccc2)C(=O)N1. The highest BCUT2D eigenvalue weighted by Gasteiger charge is 2.29. The maximum Gasteiger partial charge on any atom is 0.343 e. The molecule has 0 saturated carbocycles. The Bertz CT molecular complexity index is 707. The maximum absolute atomic E-state index is 12.4. The van der Waals surface area contributed by atoms with Gasteiger partial charge in [-0.05, 0) is 11.1 Å². The van der Waals surface area contributed by atoms with Crippen LogP contribution in [0, 0.1) is 0 Å². The van der Waals surface area contributed by atoms with Crippen molar-refractivity contribution in [1.29, 1.82) is 0 Å². The predicted molar refractivity (Wildman–Crippen MR) is 87.7 cm³/mol. The van der Waals surface area contributed by atoms with Gasteiger partial charge in [-0.15, -0.1) is 0 Å². The lowest BCUT2D eigenvalue weighted by molar-refractivity contribution is -0.125. The Kier molecular flexibility index (Phi) is 4.56. The molecule has 0 aromatic heterocycles. The fraction of sp³-hybridized carbons (Fsp3) is 0.167. The third-order valence-corrected chi connectivity index (χ3v) is 3.85. The van der Waals surface area contributed by atoms with E-state index in [1.165, 1.54) is 0 Å². The molecule has 0 atom stereocenters. The quantitative estimate of drug-likeness (QED) is 0.824. The van der Waals surface area contributed by atoms with Gasteiger partial charge < -0.3 is 0 Å². The number of urea groups is 1. The monoisotopic (exact) mass is 323 g/mol. The summed E-state index contributed by atoms with van der Waals surface area (Å²) in [4.78, 5) is 35.1. The first-order valence-electron chi connectivity index (χ1n) is 7.64. The van der Waals surface area contributed by atoms with Crippen LogP contribution in [0.25, 0.3) is 0 Å². The average Bonchev–Trinajstić information content (AvgIpc) is 2.91. The number of carbonyl (C=O) groups is 3. The molecule has 6 nitrogen and oxygen atoms in total. The molecular weight excluding hydrogens is 306 g/mol. The van der Waals surface area contributed by atoms with Crippen LogP contribution in [-0.2, 0) is 9.59 Å². The number of rotatable bonds is 5. The minimum absolute atomic E-state index is 0.131. The van der Waals surface area contributed by atoms with E-state index >= 15 is 0 Å². The first-order chi connectivity index (χ1) is 11.6. The summed E-state index contributed by atoms with van der Waals surface area (Å²) in [5.74, 6) is -0.880. The van der Waals surface area contributed by atoms with E-state index in [9.17, 15) is 14.4 Å². The van der Waals surface area contributed by atoms with Gasteiger partial charge in [0.1, 0.15) is 6.54 Å². The number of hydrogen-bond donors (Lipinski definition) is 2. The summed E-state index contributed by atoms with van der Waals surface area (Å²) >= 11 is 0. The molecule has 1 aliphatic rings. The van der Waals surface area contributed by atoms with Gasteiger partial charge in [-0.1, -0.05) is 60.7 Å². The van der Waals surface area contributed by atoms with Crippen LogP contribution >= 0.6 is 0 Å². The smallest absolute Gasteiger partial charge is 0.275 e. The molecule has 0 bridgehead atoms. The topological polar surface area (TPSA) is 78.5 Å². The first-order valence-corrected chi connectivity index (χ1v) is 7.64. The third kappa shape index (κ3) is 3.60. The molecule has 3 rings (SSSR count). The molecule has 0 unspecified atom stereocenters. The molecule has 122 valence electrons.